The van der Waals surface area contributed by atoms with E-state index in [1.165, 1.54) is 0 Å². The number of fused-ring (bicyclic) bond motifs is 2. The molecule has 0 spiro atoms. The van der Waals surface area contributed by atoms with Gasteiger partial charge in [0.05, 0.1) is 17.7 Å². The Labute approximate surface area is 233 Å². The van der Waals surface area contributed by atoms with Gasteiger partial charge in [-0.3, -0.25) is 4.79 Å². The zero-order valence-corrected chi connectivity index (χ0v) is 22.8. The molecule has 0 saturated carbocycles. The van der Waals surface area contributed by atoms with Crippen molar-refractivity contribution in [2.24, 2.45) is 0 Å². The summed E-state index contributed by atoms with van der Waals surface area (Å²) >= 11 is 1.04. The number of rotatable bonds is 7. The van der Waals surface area contributed by atoms with Gasteiger partial charge >= 0.3 is 29.6 Å². The number of Topliss-reactive ketones (excluding diaryl/α,β-unsaturated/α-hetero) is 1. The predicted molar refractivity (Wildman–Crippen MR) is 131 cm³/mol. The van der Waals surface area contributed by atoms with Crippen molar-refractivity contribution in [3.63, 3.8) is 0 Å². The first-order valence-corrected chi connectivity index (χ1v) is 11.5. The molecule has 10 heteroatoms. The third-order valence-electron chi connectivity index (χ3n) is 5.77. The second-order valence-corrected chi connectivity index (χ2v) is 8.78. The number of aliphatic carboxylic acids is 1. The Morgan fingerprint density at radius 1 is 0.944 bits per heavy atom. The maximum Gasteiger partial charge on any atom is 1.00 e. The molecular formula is C26H20N3NaO5S. The number of carbonyl (C=O) groups is 2. The molecular weight excluding hydrogens is 489 g/mol. The molecule has 0 unspecified atom stereocenters. The maximum absolute atomic E-state index is 13.8. The fourth-order valence-corrected chi connectivity index (χ4v) is 4.51. The predicted octanol–water partition coefficient (Wildman–Crippen LogP) is 0.119. The smallest absolute Gasteiger partial charge is 0.545 e. The van der Waals surface area contributed by atoms with E-state index >= 15 is 0 Å². The van der Waals surface area contributed by atoms with Crippen LogP contribution in [-0.4, -0.2) is 41.4 Å². The Hall–Kier alpha value is -3.24. The van der Waals surface area contributed by atoms with Crippen LogP contribution in [0.1, 0.15) is 21.5 Å². The van der Waals surface area contributed by atoms with E-state index in [9.17, 15) is 14.7 Å². The summed E-state index contributed by atoms with van der Waals surface area (Å²) in [6, 6.07) is 17.3. The third-order valence-corrected chi connectivity index (χ3v) is 6.32. The van der Waals surface area contributed by atoms with Crippen molar-refractivity contribution in [3.05, 3.63) is 82.9 Å². The van der Waals surface area contributed by atoms with Gasteiger partial charge in [0.1, 0.15) is 11.0 Å². The van der Waals surface area contributed by atoms with Gasteiger partial charge in [-0.15, -0.1) is 0 Å². The first kappa shape index (κ1) is 25.8. The number of allylic oxidation sites excluding steroid dienone is 1. The van der Waals surface area contributed by atoms with Gasteiger partial charge < -0.3 is 24.3 Å². The second kappa shape index (κ2) is 10.8. The molecule has 1 aliphatic rings. The number of carboxylic acids is 1. The van der Waals surface area contributed by atoms with Crippen molar-refractivity contribution in [2.45, 2.75) is 6.42 Å². The van der Waals surface area contributed by atoms with Crippen LogP contribution in [0.15, 0.2) is 66.2 Å². The van der Waals surface area contributed by atoms with Crippen molar-refractivity contribution in [3.8, 4) is 11.5 Å². The Kier molecular flexibility index (Phi) is 7.75. The van der Waals surface area contributed by atoms with Crippen LogP contribution in [-0.2, 0) is 11.2 Å². The van der Waals surface area contributed by atoms with E-state index < -0.39 is 11.8 Å². The van der Waals surface area contributed by atoms with Crippen molar-refractivity contribution in [2.75, 3.05) is 25.8 Å². The summed E-state index contributed by atoms with van der Waals surface area (Å²) in [5.74, 6) is -0.906. The zero-order valence-electron chi connectivity index (χ0n) is 20.0. The summed E-state index contributed by atoms with van der Waals surface area (Å²) in [6.07, 6.45) is 0.0889. The van der Waals surface area contributed by atoms with Crippen LogP contribution in [0.3, 0.4) is 0 Å². The first-order valence-electron chi connectivity index (χ1n) is 10.8. The molecule has 0 amide bonds. The minimum atomic E-state index is -1.44. The molecule has 1 aromatic heterocycles. The molecule has 1 aliphatic heterocycles. The average molecular weight is 510 g/mol. The summed E-state index contributed by atoms with van der Waals surface area (Å²) in [5.41, 5.74) is 3.47. The minimum absolute atomic E-state index is 0. The van der Waals surface area contributed by atoms with Gasteiger partial charge in [0.25, 0.3) is 0 Å². The van der Waals surface area contributed by atoms with Crippen LogP contribution >= 0.6 is 11.7 Å². The molecule has 0 radical (unpaired) electrons. The third kappa shape index (κ3) is 5.15. The van der Waals surface area contributed by atoms with Crippen molar-refractivity contribution >= 4 is 45.8 Å². The summed E-state index contributed by atoms with van der Waals surface area (Å²) in [5, 5.41) is 12.5. The van der Waals surface area contributed by atoms with Crippen molar-refractivity contribution in [1.82, 2.24) is 8.75 Å². The van der Waals surface area contributed by atoms with Gasteiger partial charge in [-0.05, 0) is 53.6 Å². The SMILES string of the molecule is CN(C)c1cccc(CC(C(=O)c2ccc3c(c2)OCO3)=C(C(=O)[O-])c2ccc3nsnc3c2)c1.[Na+]. The quantitative estimate of drug-likeness (QED) is 0.197. The molecule has 0 N–H and O–H groups in total. The largest absolute Gasteiger partial charge is 1.00 e. The first-order chi connectivity index (χ1) is 16.9. The molecule has 3 aromatic carbocycles. The number of ketones is 1. The number of carboxylic acid groups (broad SMARTS) is 1. The average Bonchev–Trinajstić information content (AvgIpc) is 3.51. The van der Waals surface area contributed by atoms with E-state index in [0.29, 0.717) is 33.7 Å². The number of anilines is 1. The number of benzene rings is 3. The van der Waals surface area contributed by atoms with E-state index in [-0.39, 0.29) is 53.9 Å². The molecule has 0 atom stereocenters. The van der Waals surface area contributed by atoms with Gasteiger partial charge in [-0.2, -0.15) is 8.75 Å². The molecule has 0 bridgehead atoms. The maximum atomic E-state index is 13.8. The van der Waals surface area contributed by atoms with Crippen LogP contribution in [0.5, 0.6) is 11.5 Å². The van der Waals surface area contributed by atoms with Gasteiger partial charge in [0.15, 0.2) is 17.3 Å². The molecule has 0 aliphatic carbocycles. The van der Waals surface area contributed by atoms with Gasteiger partial charge in [-0.1, -0.05) is 18.2 Å². The molecule has 2 heterocycles. The number of carbonyl (C=O) groups excluding carboxylic acids is 2. The van der Waals surface area contributed by atoms with E-state index in [2.05, 4.69) is 8.75 Å². The zero-order chi connectivity index (χ0) is 24.5. The van der Waals surface area contributed by atoms with Crippen LogP contribution in [0.25, 0.3) is 16.6 Å². The fraction of sp³-hybridized carbons (Fsp3) is 0.154. The van der Waals surface area contributed by atoms with Gasteiger partial charge in [0.2, 0.25) is 6.79 Å². The molecule has 36 heavy (non-hydrogen) atoms. The van der Waals surface area contributed by atoms with Crippen LogP contribution in [0.4, 0.5) is 5.69 Å². The van der Waals surface area contributed by atoms with E-state index in [0.717, 1.165) is 23.0 Å². The Bertz CT molecular complexity index is 1500. The monoisotopic (exact) mass is 509 g/mol. The Morgan fingerprint density at radius 2 is 1.69 bits per heavy atom. The Morgan fingerprint density at radius 3 is 2.47 bits per heavy atom. The molecule has 0 saturated heterocycles. The molecule has 4 aromatic rings. The summed E-state index contributed by atoms with van der Waals surface area (Å²) in [6.45, 7) is 0.0684. The summed E-state index contributed by atoms with van der Waals surface area (Å²) in [4.78, 5) is 28.3. The van der Waals surface area contributed by atoms with Crippen LogP contribution in [0, 0.1) is 0 Å². The van der Waals surface area contributed by atoms with E-state index in [4.69, 9.17) is 9.47 Å². The van der Waals surface area contributed by atoms with Gasteiger partial charge in [0, 0.05) is 42.9 Å². The van der Waals surface area contributed by atoms with Crippen LogP contribution in [0.2, 0.25) is 0 Å². The second-order valence-electron chi connectivity index (χ2n) is 8.25. The van der Waals surface area contributed by atoms with Crippen LogP contribution < -0.4 is 49.0 Å². The number of aromatic nitrogens is 2. The molecule has 176 valence electrons. The Balaban J connectivity index is 0.00000304. The minimum Gasteiger partial charge on any atom is -0.545 e. The molecule has 5 rings (SSSR count). The number of ether oxygens (including phenoxy) is 2. The van der Waals surface area contributed by atoms with Crippen molar-refractivity contribution in [1.29, 1.82) is 0 Å². The van der Waals surface area contributed by atoms with Crippen molar-refractivity contribution < 1.29 is 53.7 Å². The summed E-state index contributed by atoms with van der Waals surface area (Å²) < 4.78 is 19.2. The topological polar surface area (TPSA) is 105 Å². The van der Waals surface area contributed by atoms with Gasteiger partial charge in [-0.25, -0.2) is 0 Å². The standard InChI is InChI=1S/C26H21N3O5S.Na/c1-29(2)18-5-3-4-15(10-18)11-19(25(30)17-7-9-22-23(13-17)34-14-33-22)24(26(31)32)16-6-8-20-21(12-16)28-35-27-20;/h3-10,12-13H,11,14H2,1-2H3,(H,31,32);/q;+1/p-1. The number of hydrogen-bond acceptors (Lipinski definition) is 9. The number of hydrogen-bond donors (Lipinski definition) is 0. The molecule has 0 fully saturated rings. The normalized spacial score (nSPS) is 12.6. The number of nitrogens with zero attached hydrogens (tertiary/aromatic N) is 3. The molecule has 8 nitrogen and oxygen atoms in total. The fourth-order valence-electron chi connectivity index (χ4n) is 4.00. The van der Waals surface area contributed by atoms with E-state index in [1.807, 2.05) is 43.3 Å². The summed E-state index contributed by atoms with van der Waals surface area (Å²) in [7, 11) is 3.83. The van der Waals surface area contributed by atoms with E-state index in [1.54, 1.807) is 36.4 Å².